The minimum absolute atomic E-state index is 0.00552. The summed E-state index contributed by atoms with van der Waals surface area (Å²) in [6.07, 6.45) is -3.33. The van der Waals surface area contributed by atoms with Crippen LogP contribution in [0.3, 0.4) is 0 Å². The van der Waals surface area contributed by atoms with Gasteiger partial charge in [-0.25, -0.2) is 0 Å². The summed E-state index contributed by atoms with van der Waals surface area (Å²) in [5.74, 6) is 0.0965. The quantitative estimate of drug-likeness (QED) is 0.379. The number of hydrogen-bond donors (Lipinski definition) is 1. The van der Waals surface area contributed by atoms with Crippen LogP contribution in [-0.4, -0.2) is 12.5 Å². The van der Waals surface area contributed by atoms with Crippen molar-refractivity contribution in [3.63, 3.8) is 0 Å². The Hall–Kier alpha value is -4.27. The molecule has 34 heavy (non-hydrogen) atoms. The maximum atomic E-state index is 12.8. The van der Waals surface area contributed by atoms with Crippen molar-refractivity contribution in [2.45, 2.75) is 13.1 Å². The molecule has 3 aromatic carbocycles. The number of hydrogen-bond acceptors (Lipinski definition) is 5. The lowest BCUT2D eigenvalue weighted by atomic mass is 10.2. The maximum absolute atomic E-state index is 12.8. The lowest BCUT2D eigenvalue weighted by Crippen LogP contribution is -2.20. The molecule has 0 saturated heterocycles. The fourth-order valence-electron chi connectivity index (χ4n) is 3.10. The van der Waals surface area contributed by atoms with Crippen molar-refractivity contribution < 1.29 is 31.9 Å². The molecule has 0 fully saturated rings. The van der Waals surface area contributed by atoms with E-state index < -0.39 is 24.3 Å². The van der Waals surface area contributed by atoms with Crippen molar-refractivity contribution in [3.05, 3.63) is 94.3 Å². The first-order valence-corrected chi connectivity index (χ1v) is 10.1. The zero-order valence-electron chi connectivity index (χ0n) is 17.8. The highest BCUT2D eigenvalue weighted by atomic mass is 19.4. The third kappa shape index (κ3) is 5.37. The van der Waals surface area contributed by atoms with Gasteiger partial charge in [0.2, 0.25) is 11.2 Å². The molecule has 0 saturated carbocycles. The average Bonchev–Trinajstić information content (AvgIpc) is 2.80. The normalized spacial score (nSPS) is 11.3. The van der Waals surface area contributed by atoms with Gasteiger partial charge in [0.25, 0.3) is 5.91 Å². The zero-order valence-corrected chi connectivity index (χ0v) is 17.8. The van der Waals surface area contributed by atoms with Crippen LogP contribution in [0.2, 0.25) is 0 Å². The molecular formula is C25H18F3NO5. The number of alkyl halides is 3. The molecule has 0 atom stereocenters. The first-order chi connectivity index (χ1) is 16.2. The fraction of sp³-hybridized carbons (Fsp3) is 0.120. The summed E-state index contributed by atoms with van der Waals surface area (Å²) in [6.45, 7) is 1.48. The van der Waals surface area contributed by atoms with Crippen molar-refractivity contribution in [2.24, 2.45) is 0 Å². The first kappa shape index (κ1) is 22.9. The van der Waals surface area contributed by atoms with Gasteiger partial charge < -0.3 is 19.2 Å². The number of nitrogens with one attached hydrogen (secondary N) is 1. The molecule has 1 aromatic heterocycles. The third-order valence-electron chi connectivity index (χ3n) is 4.81. The fourth-order valence-corrected chi connectivity index (χ4v) is 3.10. The monoisotopic (exact) mass is 469 g/mol. The van der Waals surface area contributed by atoms with E-state index in [0.29, 0.717) is 5.75 Å². The van der Waals surface area contributed by atoms with Gasteiger partial charge >= 0.3 is 6.18 Å². The van der Waals surface area contributed by atoms with Crippen molar-refractivity contribution in [1.29, 1.82) is 0 Å². The maximum Gasteiger partial charge on any atom is 0.416 e. The summed E-state index contributed by atoms with van der Waals surface area (Å²) in [6, 6.07) is 15.8. The molecule has 1 heterocycles. The molecule has 9 heteroatoms. The molecule has 0 unspecified atom stereocenters. The molecule has 174 valence electrons. The third-order valence-corrected chi connectivity index (χ3v) is 4.81. The van der Waals surface area contributed by atoms with Gasteiger partial charge in [-0.2, -0.15) is 13.2 Å². The standard InChI is InChI=1S/C25H18F3NO5/c1-15-5-7-18(8-6-15)34-22-13-33-21-12-19(9-10-20(21)24(22)31)32-14-23(30)29-17-4-2-3-16(11-17)25(26,27)28/h2-13H,14H2,1H3,(H,29,30). The molecule has 0 aliphatic rings. The van der Waals surface area contributed by atoms with Crippen molar-refractivity contribution in [2.75, 3.05) is 11.9 Å². The van der Waals surface area contributed by atoms with Crippen LogP contribution in [0.4, 0.5) is 18.9 Å². The zero-order chi connectivity index (χ0) is 24.3. The minimum Gasteiger partial charge on any atom is -0.484 e. The van der Waals surface area contributed by atoms with Crippen LogP contribution in [-0.2, 0) is 11.0 Å². The molecule has 6 nitrogen and oxygen atoms in total. The number of rotatable bonds is 6. The Morgan fingerprint density at radius 3 is 2.47 bits per heavy atom. The number of carbonyl (C=O) groups is 1. The van der Waals surface area contributed by atoms with Crippen molar-refractivity contribution in [3.8, 4) is 17.2 Å². The lowest BCUT2D eigenvalue weighted by Gasteiger charge is -2.11. The van der Waals surface area contributed by atoms with E-state index >= 15 is 0 Å². The van der Waals surface area contributed by atoms with E-state index in [4.69, 9.17) is 13.9 Å². The van der Waals surface area contributed by atoms with E-state index in [-0.39, 0.29) is 33.6 Å². The molecular weight excluding hydrogens is 451 g/mol. The Kier molecular flexibility index (Phi) is 6.27. The Labute approximate surface area is 191 Å². The summed E-state index contributed by atoms with van der Waals surface area (Å²) < 4.78 is 54.9. The SMILES string of the molecule is Cc1ccc(Oc2coc3cc(OCC(=O)Nc4cccc(C(F)(F)F)c4)ccc3c2=O)cc1. The molecule has 0 spiro atoms. The number of halogens is 3. The molecule has 1 N–H and O–H groups in total. The van der Waals surface area contributed by atoms with E-state index in [2.05, 4.69) is 5.32 Å². The second-order valence-corrected chi connectivity index (χ2v) is 7.42. The number of anilines is 1. The Morgan fingerprint density at radius 2 is 1.74 bits per heavy atom. The molecule has 4 aromatic rings. The van der Waals surface area contributed by atoms with Crippen molar-refractivity contribution in [1.82, 2.24) is 0 Å². The Balaban J connectivity index is 1.42. The molecule has 1 amide bonds. The topological polar surface area (TPSA) is 77.8 Å². The number of carbonyl (C=O) groups excluding carboxylic acids is 1. The summed E-state index contributed by atoms with van der Waals surface area (Å²) in [4.78, 5) is 24.8. The second-order valence-electron chi connectivity index (χ2n) is 7.42. The van der Waals surface area contributed by atoms with E-state index in [9.17, 15) is 22.8 Å². The highest BCUT2D eigenvalue weighted by molar-refractivity contribution is 5.92. The van der Waals surface area contributed by atoms with E-state index in [1.54, 1.807) is 12.1 Å². The predicted molar refractivity (Wildman–Crippen MR) is 119 cm³/mol. The smallest absolute Gasteiger partial charge is 0.416 e. The summed E-state index contributed by atoms with van der Waals surface area (Å²) in [5.41, 5.74) is 0.0113. The van der Waals surface area contributed by atoms with Gasteiger partial charge in [-0.15, -0.1) is 0 Å². The van der Waals surface area contributed by atoms with Crippen LogP contribution in [0, 0.1) is 6.92 Å². The van der Waals surface area contributed by atoms with Gasteiger partial charge in [0.05, 0.1) is 10.9 Å². The Morgan fingerprint density at radius 1 is 1.00 bits per heavy atom. The number of ether oxygens (including phenoxy) is 2. The van der Waals surface area contributed by atoms with Crippen LogP contribution in [0.1, 0.15) is 11.1 Å². The van der Waals surface area contributed by atoms with Crippen LogP contribution >= 0.6 is 0 Å². The largest absolute Gasteiger partial charge is 0.484 e. The van der Waals surface area contributed by atoms with E-state index in [1.807, 2.05) is 19.1 Å². The van der Waals surface area contributed by atoms with Crippen LogP contribution in [0.15, 0.2) is 82.2 Å². The van der Waals surface area contributed by atoms with Gasteiger partial charge in [0.15, 0.2) is 6.61 Å². The summed E-state index contributed by atoms with van der Waals surface area (Å²) in [5, 5.41) is 2.61. The lowest BCUT2D eigenvalue weighted by molar-refractivity contribution is -0.137. The van der Waals surface area contributed by atoms with Gasteiger partial charge in [-0.1, -0.05) is 23.8 Å². The summed E-state index contributed by atoms with van der Waals surface area (Å²) in [7, 11) is 0. The second kappa shape index (κ2) is 9.30. The van der Waals surface area contributed by atoms with Crippen LogP contribution in [0.5, 0.6) is 17.2 Å². The van der Waals surface area contributed by atoms with E-state index in [1.165, 1.54) is 36.6 Å². The molecule has 0 radical (unpaired) electrons. The van der Waals surface area contributed by atoms with E-state index in [0.717, 1.165) is 17.7 Å². The van der Waals surface area contributed by atoms with Crippen molar-refractivity contribution >= 4 is 22.6 Å². The number of fused-ring (bicyclic) bond motifs is 1. The molecule has 4 rings (SSSR count). The Bertz CT molecular complexity index is 1390. The number of aryl methyl sites for hydroxylation is 1. The van der Waals surface area contributed by atoms with Gasteiger partial charge in [-0.3, -0.25) is 9.59 Å². The predicted octanol–water partition coefficient (Wildman–Crippen LogP) is 5.93. The van der Waals surface area contributed by atoms with Crippen LogP contribution in [0.25, 0.3) is 11.0 Å². The average molecular weight is 469 g/mol. The highest BCUT2D eigenvalue weighted by Crippen LogP contribution is 2.30. The minimum atomic E-state index is -4.52. The van der Waals surface area contributed by atoms with Crippen LogP contribution < -0.4 is 20.2 Å². The summed E-state index contributed by atoms with van der Waals surface area (Å²) >= 11 is 0. The van der Waals surface area contributed by atoms with Gasteiger partial charge in [-0.05, 0) is 49.4 Å². The molecule has 0 aliphatic carbocycles. The van der Waals surface area contributed by atoms with Gasteiger partial charge in [0.1, 0.15) is 23.3 Å². The molecule has 0 bridgehead atoms. The van der Waals surface area contributed by atoms with Gasteiger partial charge in [0, 0.05) is 11.8 Å². The number of amides is 1. The highest BCUT2D eigenvalue weighted by Gasteiger charge is 2.30. The number of benzene rings is 3. The molecule has 0 aliphatic heterocycles. The first-order valence-electron chi connectivity index (χ1n) is 10.1.